The van der Waals surface area contributed by atoms with E-state index in [-0.39, 0.29) is 11.7 Å². The molecule has 122 valence electrons. The summed E-state index contributed by atoms with van der Waals surface area (Å²) in [6.07, 6.45) is 1.40. The molecule has 0 bridgehead atoms. The number of carbonyl (C=O) groups is 2. The lowest BCUT2D eigenvalue weighted by Gasteiger charge is -2.13. The standard InChI is InChI=1S/C16H14N4O3S/c1-10(17-16(22)14-3-2-8-23-14)15(21)18-12-6-4-11(5-7-12)13-9-24-20-19-13/h2-10H,1H3,(H,17,22)(H,18,21)/t10-/m1/s1. The fourth-order valence-electron chi connectivity index (χ4n) is 2.01. The molecular weight excluding hydrogens is 328 g/mol. The summed E-state index contributed by atoms with van der Waals surface area (Å²) < 4.78 is 8.80. The molecule has 0 aliphatic rings. The number of hydrogen-bond acceptors (Lipinski definition) is 6. The van der Waals surface area contributed by atoms with Crippen LogP contribution in [0.3, 0.4) is 0 Å². The SMILES string of the molecule is C[C@@H](NC(=O)c1ccco1)C(=O)Nc1ccc(-c2csnn2)cc1. The van der Waals surface area contributed by atoms with Crippen molar-refractivity contribution in [2.75, 3.05) is 5.32 Å². The quantitative estimate of drug-likeness (QED) is 0.743. The molecule has 0 unspecified atom stereocenters. The molecule has 2 N–H and O–H groups in total. The van der Waals surface area contributed by atoms with Gasteiger partial charge in [0.05, 0.1) is 6.26 Å². The Bertz CT molecular complexity index is 814. The average molecular weight is 342 g/mol. The minimum Gasteiger partial charge on any atom is -0.459 e. The van der Waals surface area contributed by atoms with Crippen LogP contribution in [0.1, 0.15) is 17.5 Å². The zero-order chi connectivity index (χ0) is 16.9. The summed E-state index contributed by atoms with van der Waals surface area (Å²) >= 11 is 1.28. The van der Waals surface area contributed by atoms with Crippen molar-refractivity contribution in [3.05, 3.63) is 53.8 Å². The van der Waals surface area contributed by atoms with Gasteiger partial charge in [-0.25, -0.2) is 0 Å². The van der Waals surface area contributed by atoms with Crippen molar-refractivity contribution in [2.45, 2.75) is 13.0 Å². The summed E-state index contributed by atoms with van der Waals surface area (Å²) in [5, 5.41) is 11.2. The molecule has 0 saturated heterocycles. The fourth-order valence-corrected chi connectivity index (χ4v) is 2.47. The minimum atomic E-state index is -0.704. The second-order valence-corrected chi connectivity index (χ2v) is 5.64. The summed E-state index contributed by atoms with van der Waals surface area (Å²) in [6, 6.07) is 9.67. The van der Waals surface area contributed by atoms with E-state index in [1.807, 2.05) is 17.5 Å². The summed E-state index contributed by atoms with van der Waals surface area (Å²) in [7, 11) is 0. The second kappa shape index (κ2) is 7.05. The van der Waals surface area contributed by atoms with Gasteiger partial charge in [-0.05, 0) is 42.7 Å². The highest BCUT2D eigenvalue weighted by atomic mass is 32.1. The van der Waals surface area contributed by atoms with E-state index in [4.69, 9.17) is 4.42 Å². The molecule has 2 amide bonds. The van der Waals surface area contributed by atoms with Crippen LogP contribution >= 0.6 is 11.5 Å². The van der Waals surface area contributed by atoms with Crippen LogP contribution < -0.4 is 10.6 Å². The molecule has 3 rings (SSSR count). The fraction of sp³-hybridized carbons (Fsp3) is 0.125. The third-order valence-electron chi connectivity index (χ3n) is 3.29. The summed E-state index contributed by atoms with van der Waals surface area (Å²) in [5.41, 5.74) is 2.34. The van der Waals surface area contributed by atoms with Gasteiger partial charge in [-0.2, -0.15) is 0 Å². The number of benzene rings is 1. The van der Waals surface area contributed by atoms with Gasteiger partial charge in [-0.15, -0.1) is 5.10 Å². The van der Waals surface area contributed by atoms with E-state index < -0.39 is 11.9 Å². The highest BCUT2D eigenvalue weighted by Gasteiger charge is 2.18. The Morgan fingerprint density at radius 2 is 2.00 bits per heavy atom. The number of hydrogen-bond donors (Lipinski definition) is 2. The van der Waals surface area contributed by atoms with Gasteiger partial charge in [-0.1, -0.05) is 16.6 Å². The van der Waals surface area contributed by atoms with Crippen LogP contribution in [0.5, 0.6) is 0 Å². The maximum Gasteiger partial charge on any atom is 0.287 e. The number of amides is 2. The summed E-state index contributed by atoms with van der Waals surface area (Å²) in [6.45, 7) is 1.60. The van der Waals surface area contributed by atoms with Crippen molar-refractivity contribution in [1.82, 2.24) is 14.9 Å². The Balaban J connectivity index is 1.59. The van der Waals surface area contributed by atoms with Crippen LogP contribution in [-0.2, 0) is 4.79 Å². The number of aromatic nitrogens is 2. The molecule has 0 fully saturated rings. The number of carbonyl (C=O) groups excluding carboxylic acids is 2. The number of nitrogens with one attached hydrogen (secondary N) is 2. The summed E-state index contributed by atoms with van der Waals surface area (Å²) in [4.78, 5) is 24.0. The maximum atomic E-state index is 12.2. The van der Waals surface area contributed by atoms with Gasteiger partial charge in [-0.3, -0.25) is 9.59 Å². The van der Waals surface area contributed by atoms with Crippen molar-refractivity contribution >= 4 is 29.0 Å². The molecule has 2 heterocycles. The first-order chi connectivity index (χ1) is 11.6. The van der Waals surface area contributed by atoms with Gasteiger partial charge >= 0.3 is 0 Å². The smallest absolute Gasteiger partial charge is 0.287 e. The van der Waals surface area contributed by atoms with Gasteiger partial charge in [0.25, 0.3) is 5.91 Å². The zero-order valence-corrected chi connectivity index (χ0v) is 13.5. The zero-order valence-electron chi connectivity index (χ0n) is 12.7. The molecule has 24 heavy (non-hydrogen) atoms. The molecule has 1 aromatic carbocycles. The predicted octanol–water partition coefficient (Wildman–Crippen LogP) is 2.56. The molecule has 0 radical (unpaired) electrons. The Morgan fingerprint density at radius 3 is 2.62 bits per heavy atom. The average Bonchev–Trinajstić information content (AvgIpc) is 3.29. The van der Waals surface area contributed by atoms with Crippen molar-refractivity contribution in [3.8, 4) is 11.3 Å². The molecule has 8 heteroatoms. The van der Waals surface area contributed by atoms with Crippen molar-refractivity contribution in [1.29, 1.82) is 0 Å². The predicted molar refractivity (Wildman–Crippen MR) is 89.6 cm³/mol. The van der Waals surface area contributed by atoms with E-state index in [2.05, 4.69) is 20.2 Å². The highest BCUT2D eigenvalue weighted by molar-refractivity contribution is 7.03. The maximum absolute atomic E-state index is 12.2. The number of rotatable bonds is 5. The third-order valence-corrected chi connectivity index (χ3v) is 3.80. The molecule has 3 aromatic rings. The monoisotopic (exact) mass is 342 g/mol. The van der Waals surface area contributed by atoms with E-state index in [1.165, 1.54) is 23.9 Å². The van der Waals surface area contributed by atoms with Crippen molar-refractivity contribution in [2.24, 2.45) is 0 Å². The van der Waals surface area contributed by atoms with E-state index in [0.29, 0.717) is 5.69 Å². The van der Waals surface area contributed by atoms with Crippen LogP contribution in [-0.4, -0.2) is 27.4 Å². The molecule has 7 nitrogen and oxygen atoms in total. The number of anilines is 1. The van der Waals surface area contributed by atoms with Crippen molar-refractivity contribution in [3.63, 3.8) is 0 Å². The van der Waals surface area contributed by atoms with E-state index in [1.54, 1.807) is 25.1 Å². The van der Waals surface area contributed by atoms with Gasteiger partial charge in [0.1, 0.15) is 11.7 Å². The van der Waals surface area contributed by atoms with Crippen molar-refractivity contribution < 1.29 is 14.0 Å². The van der Waals surface area contributed by atoms with Gasteiger partial charge in [0, 0.05) is 16.6 Å². The number of furan rings is 1. The molecular formula is C16H14N4O3S. The lowest BCUT2D eigenvalue weighted by molar-refractivity contribution is -0.117. The lowest BCUT2D eigenvalue weighted by Crippen LogP contribution is -2.41. The Kier molecular flexibility index (Phi) is 4.66. The van der Waals surface area contributed by atoms with E-state index >= 15 is 0 Å². The highest BCUT2D eigenvalue weighted by Crippen LogP contribution is 2.20. The second-order valence-electron chi connectivity index (χ2n) is 5.03. The van der Waals surface area contributed by atoms with Gasteiger partial charge in [0.15, 0.2) is 5.76 Å². The minimum absolute atomic E-state index is 0.163. The summed E-state index contributed by atoms with van der Waals surface area (Å²) in [5.74, 6) is -0.595. The molecule has 2 aromatic heterocycles. The lowest BCUT2D eigenvalue weighted by atomic mass is 10.1. The Hall–Kier alpha value is -3.00. The van der Waals surface area contributed by atoms with Crippen LogP contribution in [0.25, 0.3) is 11.3 Å². The van der Waals surface area contributed by atoms with Crippen LogP contribution in [0, 0.1) is 0 Å². The third kappa shape index (κ3) is 3.66. The molecule has 0 saturated carbocycles. The van der Waals surface area contributed by atoms with Crippen LogP contribution in [0.15, 0.2) is 52.5 Å². The normalized spacial score (nSPS) is 11.7. The first kappa shape index (κ1) is 15.9. The Morgan fingerprint density at radius 1 is 1.21 bits per heavy atom. The largest absolute Gasteiger partial charge is 0.459 e. The van der Waals surface area contributed by atoms with Gasteiger partial charge < -0.3 is 15.1 Å². The van der Waals surface area contributed by atoms with E-state index in [9.17, 15) is 9.59 Å². The van der Waals surface area contributed by atoms with Crippen LogP contribution in [0.2, 0.25) is 0 Å². The Labute approximate surface area is 141 Å². The topological polar surface area (TPSA) is 97.1 Å². The number of nitrogens with zero attached hydrogens (tertiary/aromatic N) is 2. The molecule has 0 aliphatic heterocycles. The molecule has 1 atom stereocenters. The van der Waals surface area contributed by atoms with E-state index in [0.717, 1.165) is 11.3 Å². The van der Waals surface area contributed by atoms with Crippen LogP contribution in [0.4, 0.5) is 5.69 Å². The molecule has 0 spiro atoms. The first-order valence-electron chi connectivity index (χ1n) is 7.16. The van der Waals surface area contributed by atoms with Gasteiger partial charge in [0.2, 0.25) is 5.91 Å². The first-order valence-corrected chi connectivity index (χ1v) is 8.00. The molecule has 0 aliphatic carbocycles.